The van der Waals surface area contributed by atoms with Gasteiger partial charge in [-0.3, -0.25) is 4.57 Å². The summed E-state index contributed by atoms with van der Waals surface area (Å²) in [6.45, 7) is 6.37. The quantitative estimate of drug-likeness (QED) is 0.115. The average Bonchev–Trinajstić information content (AvgIpc) is 3.37. The number of fused-ring (bicyclic) bond motifs is 1. The fourth-order valence-electron chi connectivity index (χ4n) is 4.93. The molecule has 0 atom stereocenters. The first-order chi connectivity index (χ1) is 21.3. The van der Waals surface area contributed by atoms with Crippen molar-refractivity contribution in [2.24, 2.45) is 0 Å². The molecule has 0 aliphatic rings. The summed E-state index contributed by atoms with van der Waals surface area (Å²) in [5.74, 6) is 3.72. The van der Waals surface area contributed by atoms with Crippen molar-refractivity contribution in [3.05, 3.63) is 107 Å². The second-order valence-corrected chi connectivity index (χ2v) is 10.4. The van der Waals surface area contributed by atoms with Crippen LogP contribution in [0.1, 0.15) is 40.9 Å². The Kier molecular flexibility index (Phi) is 9.03. The predicted molar refractivity (Wildman–Crippen MR) is 169 cm³/mol. The highest BCUT2D eigenvalue weighted by Crippen LogP contribution is 2.42. The molecule has 0 radical (unpaired) electrons. The SMILES string of the molecule is COC(=O)c1c(OC)n(-c2ccc(OCc3ccc(C)cc3)cc2)c2ccc(Oc3ccc(OC(C)C)cc3)c(C=C=O)c12. The lowest BCUT2D eigenvalue weighted by molar-refractivity contribution is 0.0599. The molecule has 8 nitrogen and oxygen atoms in total. The Labute approximate surface area is 256 Å². The van der Waals surface area contributed by atoms with Crippen molar-refractivity contribution in [2.75, 3.05) is 14.2 Å². The molecule has 0 bridgehead atoms. The number of hydrogen-bond acceptors (Lipinski definition) is 7. The fraction of sp³-hybridized carbons (Fsp3) is 0.194. The highest BCUT2D eigenvalue weighted by Gasteiger charge is 2.28. The van der Waals surface area contributed by atoms with Gasteiger partial charge in [0.2, 0.25) is 5.88 Å². The molecule has 8 heteroatoms. The summed E-state index contributed by atoms with van der Waals surface area (Å²) in [6, 6.07) is 26.3. The van der Waals surface area contributed by atoms with Crippen molar-refractivity contribution in [1.29, 1.82) is 0 Å². The number of methoxy groups -OCH3 is 2. The molecule has 44 heavy (non-hydrogen) atoms. The second-order valence-electron chi connectivity index (χ2n) is 10.4. The number of aryl methyl sites for hydroxylation is 1. The molecule has 1 heterocycles. The van der Waals surface area contributed by atoms with Gasteiger partial charge < -0.3 is 23.7 Å². The number of aromatic nitrogens is 1. The molecule has 0 unspecified atom stereocenters. The topological polar surface area (TPSA) is 85.2 Å². The average molecular weight is 592 g/mol. The maximum atomic E-state index is 13.2. The largest absolute Gasteiger partial charge is 0.491 e. The van der Waals surface area contributed by atoms with Crippen molar-refractivity contribution >= 4 is 28.9 Å². The van der Waals surface area contributed by atoms with Crippen LogP contribution in [0.3, 0.4) is 0 Å². The third-order valence-corrected chi connectivity index (χ3v) is 6.92. The van der Waals surface area contributed by atoms with E-state index in [0.717, 1.165) is 5.56 Å². The van der Waals surface area contributed by atoms with Crippen molar-refractivity contribution in [1.82, 2.24) is 4.57 Å². The molecule has 0 N–H and O–H groups in total. The van der Waals surface area contributed by atoms with E-state index in [-0.39, 0.29) is 17.5 Å². The number of carbonyl (C=O) groups is 1. The van der Waals surface area contributed by atoms with Crippen molar-refractivity contribution in [3.63, 3.8) is 0 Å². The minimum atomic E-state index is -0.628. The molecule has 0 saturated carbocycles. The standard InChI is InChI=1S/C36H33NO7/c1-23(2)43-28-14-16-29(17-15-28)44-32-19-18-31-33(30(32)20-21-38)34(36(39)41-5)35(40-4)37(31)26-10-12-27(13-11-26)42-22-25-8-6-24(3)7-9-25/h6-20,23H,22H2,1-5H3. The van der Waals surface area contributed by atoms with E-state index in [1.54, 1.807) is 41.0 Å². The Hall–Kier alpha value is -5.46. The molecule has 0 aliphatic heterocycles. The van der Waals surface area contributed by atoms with Gasteiger partial charge in [0.05, 0.1) is 25.8 Å². The van der Waals surface area contributed by atoms with Gasteiger partial charge in [-0.15, -0.1) is 0 Å². The van der Waals surface area contributed by atoms with Gasteiger partial charge in [0.15, 0.2) is 0 Å². The van der Waals surface area contributed by atoms with Crippen LogP contribution in [0.15, 0.2) is 84.9 Å². The third kappa shape index (κ3) is 6.31. The molecule has 0 saturated heterocycles. The molecule has 0 spiro atoms. The molecular formula is C36H33NO7. The molecule has 5 aromatic rings. The van der Waals surface area contributed by atoms with Gasteiger partial charge in [0.25, 0.3) is 0 Å². The maximum Gasteiger partial charge on any atom is 0.344 e. The van der Waals surface area contributed by atoms with E-state index >= 15 is 0 Å². The monoisotopic (exact) mass is 591 g/mol. The highest BCUT2D eigenvalue weighted by molar-refractivity contribution is 6.12. The lowest BCUT2D eigenvalue weighted by Gasteiger charge is -2.13. The smallest absolute Gasteiger partial charge is 0.344 e. The van der Waals surface area contributed by atoms with Crippen molar-refractivity contribution in [2.45, 2.75) is 33.5 Å². The van der Waals surface area contributed by atoms with Crippen LogP contribution >= 0.6 is 0 Å². The maximum absolute atomic E-state index is 13.2. The van der Waals surface area contributed by atoms with Gasteiger partial charge in [-0.25, -0.2) is 9.59 Å². The minimum absolute atomic E-state index is 0.0340. The molecule has 1 aromatic heterocycles. The van der Waals surface area contributed by atoms with Crippen molar-refractivity contribution in [3.8, 4) is 34.6 Å². The Morgan fingerprint density at radius 3 is 2.14 bits per heavy atom. The number of nitrogens with zero attached hydrogens (tertiary/aromatic N) is 1. The predicted octanol–water partition coefficient (Wildman–Crippen LogP) is 7.74. The highest BCUT2D eigenvalue weighted by atomic mass is 16.5. The van der Waals surface area contributed by atoms with Crippen LogP contribution in [0, 0.1) is 6.92 Å². The van der Waals surface area contributed by atoms with Crippen molar-refractivity contribution < 1.29 is 33.3 Å². The van der Waals surface area contributed by atoms with E-state index in [9.17, 15) is 9.59 Å². The Morgan fingerprint density at radius 2 is 1.52 bits per heavy atom. The van der Waals surface area contributed by atoms with Gasteiger partial charge in [-0.2, -0.15) is 0 Å². The number of esters is 1. The Balaban J connectivity index is 1.56. The van der Waals surface area contributed by atoms with E-state index in [1.165, 1.54) is 25.9 Å². The molecule has 0 aliphatic carbocycles. The summed E-state index contributed by atoms with van der Waals surface area (Å²) in [5, 5.41) is 0.425. The van der Waals surface area contributed by atoms with Crippen LogP contribution < -0.4 is 18.9 Å². The zero-order chi connectivity index (χ0) is 31.2. The number of rotatable bonds is 11. The number of hydrogen-bond donors (Lipinski definition) is 0. The van der Waals surface area contributed by atoms with E-state index in [0.29, 0.717) is 51.8 Å². The molecule has 224 valence electrons. The lowest BCUT2D eigenvalue weighted by atomic mass is 10.0. The van der Waals surface area contributed by atoms with Crippen LogP contribution in [0.2, 0.25) is 0 Å². The van der Waals surface area contributed by atoms with E-state index < -0.39 is 5.97 Å². The van der Waals surface area contributed by atoms with Gasteiger partial charge in [0, 0.05) is 22.7 Å². The van der Waals surface area contributed by atoms with E-state index in [2.05, 4.69) is 0 Å². The molecule has 4 aromatic carbocycles. The first-order valence-electron chi connectivity index (χ1n) is 14.1. The molecule has 5 rings (SSSR count). The Morgan fingerprint density at radius 1 is 0.864 bits per heavy atom. The van der Waals surface area contributed by atoms with Gasteiger partial charge in [0.1, 0.15) is 41.1 Å². The van der Waals surface area contributed by atoms with Crippen LogP contribution in [0.4, 0.5) is 0 Å². The zero-order valence-electron chi connectivity index (χ0n) is 25.2. The van der Waals surface area contributed by atoms with Crippen LogP contribution in [-0.2, 0) is 16.1 Å². The number of ether oxygens (including phenoxy) is 5. The molecular weight excluding hydrogens is 558 g/mol. The van der Waals surface area contributed by atoms with E-state index in [1.807, 2.05) is 75.2 Å². The number of benzene rings is 4. The summed E-state index contributed by atoms with van der Waals surface area (Å²) in [4.78, 5) is 24.9. The molecule has 0 amide bonds. The summed E-state index contributed by atoms with van der Waals surface area (Å²) in [7, 11) is 2.77. The minimum Gasteiger partial charge on any atom is -0.491 e. The first kappa shape index (κ1) is 30.0. The van der Waals surface area contributed by atoms with Gasteiger partial charge >= 0.3 is 5.97 Å². The first-order valence-corrected chi connectivity index (χ1v) is 14.1. The van der Waals surface area contributed by atoms with Crippen LogP contribution in [0.25, 0.3) is 22.7 Å². The second kappa shape index (κ2) is 13.2. The zero-order valence-corrected chi connectivity index (χ0v) is 25.2. The Bertz CT molecular complexity index is 1810. The fourth-order valence-corrected chi connectivity index (χ4v) is 4.93. The van der Waals surface area contributed by atoms with Crippen LogP contribution in [0.5, 0.6) is 28.9 Å². The summed E-state index contributed by atoms with van der Waals surface area (Å²) in [5.41, 5.74) is 4.07. The van der Waals surface area contributed by atoms with Crippen LogP contribution in [-0.4, -0.2) is 36.8 Å². The van der Waals surface area contributed by atoms with Gasteiger partial charge in [-0.1, -0.05) is 29.8 Å². The third-order valence-electron chi connectivity index (χ3n) is 6.92. The van der Waals surface area contributed by atoms with Gasteiger partial charge in [-0.05, 0) is 87.0 Å². The normalized spacial score (nSPS) is 10.8. The number of carbonyl (C=O) groups excluding carboxylic acids is 2. The molecule has 0 fully saturated rings. The lowest BCUT2D eigenvalue weighted by Crippen LogP contribution is -2.05. The summed E-state index contributed by atoms with van der Waals surface area (Å²) >= 11 is 0. The summed E-state index contributed by atoms with van der Waals surface area (Å²) in [6.07, 6.45) is 1.28. The summed E-state index contributed by atoms with van der Waals surface area (Å²) < 4.78 is 30.6. The van der Waals surface area contributed by atoms with E-state index in [4.69, 9.17) is 23.7 Å².